The van der Waals surface area contributed by atoms with Crippen molar-refractivity contribution in [3.63, 3.8) is 0 Å². The van der Waals surface area contributed by atoms with Gasteiger partial charge in [0.15, 0.2) is 0 Å². The lowest BCUT2D eigenvalue weighted by Crippen LogP contribution is -2.26. The summed E-state index contributed by atoms with van der Waals surface area (Å²) in [6.45, 7) is 4.79. The molecule has 1 aromatic carbocycles. The smallest absolute Gasteiger partial charge is 0.0620 e. The molecular formula is C16H27NO. The van der Waals surface area contributed by atoms with Crippen molar-refractivity contribution in [2.45, 2.75) is 58.0 Å². The van der Waals surface area contributed by atoms with E-state index in [1.165, 1.54) is 30.4 Å². The minimum Gasteiger partial charge on any atom is -0.392 e. The lowest BCUT2D eigenvalue weighted by Gasteiger charge is -2.22. The Morgan fingerprint density at radius 3 is 2.61 bits per heavy atom. The number of aliphatic hydroxyl groups is 1. The van der Waals surface area contributed by atoms with E-state index in [2.05, 4.69) is 32.0 Å². The summed E-state index contributed by atoms with van der Waals surface area (Å²) in [4.78, 5) is 0. The Labute approximate surface area is 111 Å². The van der Waals surface area contributed by atoms with E-state index in [9.17, 15) is 5.11 Å². The number of nitrogens with two attached hydrogens (primary N) is 1. The van der Waals surface area contributed by atoms with E-state index in [0.29, 0.717) is 6.54 Å². The molecule has 1 rings (SSSR count). The lowest BCUT2D eigenvalue weighted by atomic mass is 9.89. The van der Waals surface area contributed by atoms with Gasteiger partial charge in [-0.3, -0.25) is 0 Å². The average Bonchev–Trinajstić information content (AvgIpc) is 2.36. The Bertz CT molecular complexity index is 338. The predicted molar refractivity (Wildman–Crippen MR) is 77.7 cm³/mol. The first-order valence-corrected chi connectivity index (χ1v) is 7.13. The van der Waals surface area contributed by atoms with Gasteiger partial charge in [-0.1, -0.05) is 62.4 Å². The Morgan fingerprint density at radius 2 is 2.00 bits per heavy atom. The van der Waals surface area contributed by atoms with Gasteiger partial charge in [-0.2, -0.15) is 0 Å². The van der Waals surface area contributed by atoms with E-state index in [1.54, 1.807) is 0 Å². The van der Waals surface area contributed by atoms with Crippen molar-refractivity contribution in [2.75, 3.05) is 6.54 Å². The lowest BCUT2D eigenvalue weighted by molar-refractivity contribution is 0.132. The van der Waals surface area contributed by atoms with Gasteiger partial charge in [0.05, 0.1) is 6.10 Å². The van der Waals surface area contributed by atoms with E-state index >= 15 is 0 Å². The molecule has 0 spiro atoms. The van der Waals surface area contributed by atoms with Crippen LogP contribution in [-0.4, -0.2) is 17.8 Å². The van der Waals surface area contributed by atoms with Gasteiger partial charge in [0.25, 0.3) is 0 Å². The molecular weight excluding hydrogens is 222 g/mol. The molecule has 2 heteroatoms. The topological polar surface area (TPSA) is 46.2 Å². The number of benzene rings is 1. The molecule has 0 aliphatic rings. The standard InChI is InChI=1S/C16H27NO/c1-3-4-5-6-10-16(18)15(12-17)14-9-7-8-13(2)11-14/h7-9,11,15-16,18H,3-6,10,12,17H2,1-2H3. The molecule has 2 unspecified atom stereocenters. The van der Waals surface area contributed by atoms with Gasteiger partial charge in [-0.15, -0.1) is 0 Å². The number of rotatable bonds is 8. The third kappa shape index (κ3) is 4.79. The van der Waals surface area contributed by atoms with Gasteiger partial charge in [0, 0.05) is 12.5 Å². The molecule has 1 aromatic rings. The minimum atomic E-state index is -0.311. The van der Waals surface area contributed by atoms with Crippen molar-refractivity contribution in [2.24, 2.45) is 5.73 Å². The molecule has 0 fully saturated rings. The molecule has 102 valence electrons. The van der Waals surface area contributed by atoms with Crippen LogP contribution in [0.5, 0.6) is 0 Å². The highest BCUT2D eigenvalue weighted by molar-refractivity contribution is 5.26. The van der Waals surface area contributed by atoms with Crippen molar-refractivity contribution in [3.05, 3.63) is 35.4 Å². The number of aryl methyl sites for hydroxylation is 1. The molecule has 2 atom stereocenters. The maximum atomic E-state index is 10.3. The summed E-state index contributed by atoms with van der Waals surface area (Å²) in [5.74, 6) is 0.0755. The highest BCUT2D eigenvalue weighted by Gasteiger charge is 2.19. The molecule has 0 aliphatic heterocycles. The van der Waals surface area contributed by atoms with Crippen molar-refractivity contribution >= 4 is 0 Å². The zero-order chi connectivity index (χ0) is 13.4. The summed E-state index contributed by atoms with van der Waals surface area (Å²) >= 11 is 0. The second kappa shape index (κ2) is 8.28. The van der Waals surface area contributed by atoms with Crippen LogP contribution in [0.25, 0.3) is 0 Å². The quantitative estimate of drug-likeness (QED) is 0.694. The van der Waals surface area contributed by atoms with E-state index in [-0.39, 0.29) is 12.0 Å². The van der Waals surface area contributed by atoms with Gasteiger partial charge in [-0.05, 0) is 18.9 Å². The predicted octanol–water partition coefficient (Wildman–Crippen LogP) is 3.37. The zero-order valence-corrected chi connectivity index (χ0v) is 11.7. The SMILES string of the molecule is CCCCCCC(O)C(CN)c1cccc(C)c1. The normalized spacial score (nSPS) is 14.4. The van der Waals surface area contributed by atoms with Crippen molar-refractivity contribution < 1.29 is 5.11 Å². The van der Waals surface area contributed by atoms with Crippen LogP contribution in [0.1, 0.15) is 56.1 Å². The van der Waals surface area contributed by atoms with Crippen molar-refractivity contribution in [1.82, 2.24) is 0 Å². The fourth-order valence-electron chi connectivity index (χ4n) is 2.40. The molecule has 2 nitrogen and oxygen atoms in total. The summed E-state index contributed by atoms with van der Waals surface area (Å²) in [5, 5.41) is 10.3. The fraction of sp³-hybridized carbons (Fsp3) is 0.625. The van der Waals surface area contributed by atoms with Crippen LogP contribution in [0.15, 0.2) is 24.3 Å². The Hall–Kier alpha value is -0.860. The number of unbranched alkanes of at least 4 members (excludes halogenated alkanes) is 3. The molecule has 0 aliphatic carbocycles. The molecule has 0 radical (unpaired) electrons. The summed E-state index contributed by atoms with van der Waals surface area (Å²) in [5.41, 5.74) is 8.22. The highest BCUT2D eigenvalue weighted by atomic mass is 16.3. The number of hydrogen-bond acceptors (Lipinski definition) is 2. The van der Waals surface area contributed by atoms with Crippen molar-refractivity contribution in [3.8, 4) is 0 Å². The van der Waals surface area contributed by atoms with Crippen LogP contribution in [-0.2, 0) is 0 Å². The van der Waals surface area contributed by atoms with Gasteiger partial charge in [-0.25, -0.2) is 0 Å². The summed E-state index contributed by atoms with van der Waals surface area (Å²) in [7, 11) is 0. The molecule has 0 bridgehead atoms. The molecule has 18 heavy (non-hydrogen) atoms. The molecule has 0 saturated heterocycles. The largest absolute Gasteiger partial charge is 0.392 e. The number of aliphatic hydroxyl groups excluding tert-OH is 1. The van der Waals surface area contributed by atoms with Crippen LogP contribution in [0, 0.1) is 6.92 Å². The minimum absolute atomic E-state index is 0.0755. The van der Waals surface area contributed by atoms with Gasteiger partial charge in [0.2, 0.25) is 0 Å². The second-order valence-corrected chi connectivity index (χ2v) is 5.17. The van der Waals surface area contributed by atoms with Crippen LogP contribution in [0.4, 0.5) is 0 Å². The van der Waals surface area contributed by atoms with Gasteiger partial charge in [0.1, 0.15) is 0 Å². The summed E-state index contributed by atoms with van der Waals surface area (Å²) < 4.78 is 0. The maximum absolute atomic E-state index is 10.3. The third-order valence-corrected chi connectivity index (χ3v) is 3.54. The zero-order valence-electron chi connectivity index (χ0n) is 11.7. The first-order valence-electron chi connectivity index (χ1n) is 7.13. The van der Waals surface area contributed by atoms with E-state index < -0.39 is 0 Å². The van der Waals surface area contributed by atoms with Crippen molar-refractivity contribution in [1.29, 1.82) is 0 Å². The first-order chi connectivity index (χ1) is 8.69. The molecule has 3 N–H and O–H groups in total. The van der Waals surface area contributed by atoms with Crippen LogP contribution >= 0.6 is 0 Å². The summed E-state index contributed by atoms with van der Waals surface area (Å²) in [6.07, 6.45) is 5.33. The second-order valence-electron chi connectivity index (χ2n) is 5.17. The molecule has 0 amide bonds. The van der Waals surface area contributed by atoms with E-state index in [0.717, 1.165) is 12.8 Å². The molecule has 0 aromatic heterocycles. The average molecular weight is 249 g/mol. The van der Waals surface area contributed by atoms with Gasteiger partial charge >= 0.3 is 0 Å². The summed E-state index contributed by atoms with van der Waals surface area (Å²) in [6, 6.07) is 8.31. The van der Waals surface area contributed by atoms with E-state index in [1.807, 2.05) is 6.07 Å². The van der Waals surface area contributed by atoms with Gasteiger partial charge < -0.3 is 10.8 Å². The van der Waals surface area contributed by atoms with Crippen LogP contribution in [0.2, 0.25) is 0 Å². The molecule has 0 heterocycles. The highest BCUT2D eigenvalue weighted by Crippen LogP contribution is 2.23. The first kappa shape index (κ1) is 15.2. The fourth-order valence-corrected chi connectivity index (χ4v) is 2.40. The maximum Gasteiger partial charge on any atom is 0.0620 e. The monoisotopic (exact) mass is 249 g/mol. The Kier molecular flexibility index (Phi) is 6.99. The Morgan fingerprint density at radius 1 is 1.22 bits per heavy atom. The third-order valence-electron chi connectivity index (χ3n) is 3.54. The number of hydrogen-bond donors (Lipinski definition) is 2. The van der Waals surface area contributed by atoms with E-state index in [4.69, 9.17) is 5.73 Å². The molecule has 0 saturated carbocycles. The van der Waals surface area contributed by atoms with Crippen LogP contribution < -0.4 is 5.73 Å². The van der Waals surface area contributed by atoms with Crippen LogP contribution in [0.3, 0.4) is 0 Å². The Balaban J connectivity index is 2.54.